The summed E-state index contributed by atoms with van der Waals surface area (Å²) in [6.07, 6.45) is 0. The van der Waals surface area contributed by atoms with E-state index in [4.69, 9.17) is 0 Å². The van der Waals surface area contributed by atoms with E-state index in [1.807, 2.05) is 0 Å². The van der Waals surface area contributed by atoms with Gasteiger partial charge in [-0.1, -0.05) is 0 Å². The average molecular weight is 92.1 g/mol. The largest absolute Gasteiger partial charge is 0.318 e. The zero-order chi connectivity index (χ0) is 4.83. The number of likely N-dealkylation sites (N-methyl/N-ethyl adjacent to an activating group) is 1. The Hall–Kier alpha value is -0.150. The molecule has 2 N–H and O–H groups in total. The summed E-state index contributed by atoms with van der Waals surface area (Å²) in [6, 6.07) is 0. The number of halogens is 1. The predicted octanol–water partition coefficient (Wildman–Crippen LogP) is -0.320. The average Bonchev–Trinajstić information content (AvgIpc) is 1.61. The summed E-state index contributed by atoms with van der Waals surface area (Å²) in [7, 11) is 1.78. The van der Waals surface area contributed by atoms with Gasteiger partial charge >= 0.3 is 0 Å². The first-order valence-corrected chi connectivity index (χ1v) is 1.90. The molecule has 0 aromatic heterocycles. The van der Waals surface area contributed by atoms with Crippen molar-refractivity contribution in [3.05, 3.63) is 0 Å². The maximum absolute atomic E-state index is 10.9. The van der Waals surface area contributed by atoms with Crippen LogP contribution < -0.4 is 10.9 Å². The van der Waals surface area contributed by atoms with Gasteiger partial charge < -0.3 is 5.32 Å². The molecule has 0 bridgehead atoms. The van der Waals surface area contributed by atoms with Crippen molar-refractivity contribution in [1.82, 2.24) is 10.9 Å². The molecule has 0 aromatic carbocycles. The number of rotatable bonds is 3. The highest BCUT2D eigenvalue weighted by Gasteiger charge is 1.73. The van der Waals surface area contributed by atoms with Crippen LogP contribution in [0.3, 0.4) is 0 Å². The van der Waals surface area contributed by atoms with Gasteiger partial charge in [0.15, 0.2) is 0 Å². The highest BCUT2D eigenvalue weighted by molar-refractivity contribution is 4.35. The fourth-order valence-electron chi connectivity index (χ4n) is 0.172. The highest BCUT2D eigenvalue weighted by atomic mass is 19.2. The van der Waals surface area contributed by atoms with Crippen LogP contribution in [0, 0.1) is 0 Å². The Labute approximate surface area is 36.7 Å². The second-order valence-corrected chi connectivity index (χ2v) is 0.987. The summed E-state index contributed by atoms with van der Waals surface area (Å²) in [4.78, 5) is 0. The first-order chi connectivity index (χ1) is 2.91. The maximum atomic E-state index is 10.9. The molecule has 0 heterocycles. The second-order valence-electron chi connectivity index (χ2n) is 0.987. The molecule has 0 atom stereocenters. The van der Waals surface area contributed by atoms with E-state index in [-0.39, 0.29) is 0 Å². The van der Waals surface area contributed by atoms with Crippen molar-refractivity contribution >= 4 is 0 Å². The molecule has 0 saturated heterocycles. The van der Waals surface area contributed by atoms with E-state index in [9.17, 15) is 4.48 Å². The van der Waals surface area contributed by atoms with E-state index >= 15 is 0 Å². The molecule has 0 radical (unpaired) electrons. The Kier molecular flexibility index (Phi) is 4.73. The minimum Gasteiger partial charge on any atom is -0.318 e. The van der Waals surface area contributed by atoms with Crippen LogP contribution in [-0.4, -0.2) is 20.1 Å². The molecule has 0 aliphatic heterocycles. The third-order valence-electron chi connectivity index (χ3n) is 0.469. The van der Waals surface area contributed by atoms with Crippen molar-refractivity contribution < 1.29 is 4.48 Å². The SMILES string of the molecule is CNCCNF. The van der Waals surface area contributed by atoms with Crippen LogP contribution in [0.25, 0.3) is 0 Å². The zero-order valence-electron chi connectivity index (χ0n) is 3.79. The third-order valence-corrected chi connectivity index (χ3v) is 0.469. The summed E-state index contributed by atoms with van der Waals surface area (Å²) in [5.41, 5.74) is 1.51. The Balaban J connectivity index is 2.34. The lowest BCUT2D eigenvalue weighted by molar-refractivity contribution is 0.335. The normalized spacial score (nSPS) is 9.00. The predicted molar refractivity (Wildman–Crippen MR) is 23.0 cm³/mol. The molecule has 0 saturated carbocycles. The van der Waals surface area contributed by atoms with Crippen molar-refractivity contribution in [2.75, 3.05) is 20.1 Å². The van der Waals surface area contributed by atoms with Gasteiger partial charge in [-0.2, -0.15) is 5.54 Å². The molecule has 38 valence electrons. The smallest absolute Gasteiger partial charge is 0.0384 e. The molecule has 0 amide bonds. The van der Waals surface area contributed by atoms with Gasteiger partial charge in [-0.05, 0) is 7.05 Å². The Bertz CT molecular complexity index is 20.8. The van der Waals surface area contributed by atoms with E-state index in [1.54, 1.807) is 7.05 Å². The summed E-state index contributed by atoms with van der Waals surface area (Å²) < 4.78 is 10.9. The summed E-state index contributed by atoms with van der Waals surface area (Å²) >= 11 is 0. The lowest BCUT2D eigenvalue weighted by atomic mass is 10.7. The molecule has 2 nitrogen and oxygen atoms in total. The standard InChI is InChI=1S/C3H9FN2/c1-5-2-3-6-4/h5-6H,2-3H2,1H3. The van der Waals surface area contributed by atoms with Gasteiger partial charge in [0.25, 0.3) is 0 Å². The van der Waals surface area contributed by atoms with Crippen LogP contribution in [-0.2, 0) is 0 Å². The van der Waals surface area contributed by atoms with Gasteiger partial charge in [0.05, 0.1) is 0 Å². The molecule has 0 fully saturated rings. The lowest BCUT2D eigenvalue weighted by Gasteiger charge is -1.89. The van der Waals surface area contributed by atoms with Gasteiger partial charge in [0, 0.05) is 13.1 Å². The first-order valence-electron chi connectivity index (χ1n) is 1.90. The molecule has 0 aliphatic rings. The van der Waals surface area contributed by atoms with Crippen LogP contribution in [0.15, 0.2) is 0 Å². The van der Waals surface area contributed by atoms with Crippen LogP contribution in [0.5, 0.6) is 0 Å². The fraction of sp³-hybridized carbons (Fsp3) is 1.00. The van der Waals surface area contributed by atoms with Crippen molar-refractivity contribution in [3.63, 3.8) is 0 Å². The van der Waals surface area contributed by atoms with E-state index in [0.29, 0.717) is 13.1 Å². The topological polar surface area (TPSA) is 24.1 Å². The van der Waals surface area contributed by atoms with Crippen molar-refractivity contribution in [1.29, 1.82) is 0 Å². The molecule has 0 rings (SSSR count). The quantitative estimate of drug-likeness (QED) is 0.368. The maximum Gasteiger partial charge on any atom is 0.0384 e. The summed E-state index contributed by atoms with van der Waals surface area (Å²) in [5, 5.41) is 2.77. The molecule has 0 unspecified atom stereocenters. The van der Waals surface area contributed by atoms with Crippen LogP contribution in [0.1, 0.15) is 0 Å². The Morgan fingerprint density at radius 2 is 2.17 bits per heavy atom. The van der Waals surface area contributed by atoms with Crippen LogP contribution >= 0.6 is 0 Å². The minimum absolute atomic E-state index is 0.385. The van der Waals surface area contributed by atoms with Gasteiger partial charge in [0.1, 0.15) is 0 Å². The zero-order valence-corrected chi connectivity index (χ0v) is 3.79. The monoisotopic (exact) mass is 92.1 g/mol. The van der Waals surface area contributed by atoms with E-state index in [0.717, 1.165) is 0 Å². The van der Waals surface area contributed by atoms with Crippen molar-refractivity contribution in [3.8, 4) is 0 Å². The van der Waals surface area contributed by atoms with Crippen molar-refractivity contribution in [2.24, 2.45) is 0 Å². The summed E-state index contributed by atoms with van der Waals surface area (Å²) in [6.45, 7) is 1.06. The van der Waals surface area contributed by atoms with E-state index in [1.165, 1.54) is 5.54 Å². The molecule has 0 aromatic rings. The lowest BCUT2D eigenvalue weighted by Crippen LogP contribution is -2.18. The highest BCUT2D eigenvalue weighted by Crippen LogP contribution is 1.50. The van der Waals surface area contributed by atoms with E-state index < -0.39 is 0 Å². The molecule has 0 spiro atoms. The van der Waals surface area contributed by atoms with Crippen LogP contribution in [0.2, 0.25) is 0 Å². The Morgan fingerprint density at radius 1 is 1.50 bits per heavy atom. The van der Waals surface area contributed by atoms with Crippen molar-refractivity contribution in [2.45, 2.75) is 0 Å². The fourth-order valence-corrected chi connectivity index (χ4v) is 0.172. The third kappa shape index (κ3) is 3.85. The van der Waals surface area contributed by atoms with Gasteiger partial charge in [-0.3, -0.25) is 0 Å². The molecule has 0 aliphatic carbocycles. The summed E-state index contributed by atoms with van der Waals surface area (Å²) in [5.74, 6) is 0. The Morgan fingerprint density at radius 3 is 2.33 bits per heavy atom. The van der Waals surface area contributed by atoms with Crippen LogP contribution in [0.4, 0.5) is 4.48 Å². The first kappa shape index (κ1) is 5.85. The minimum atomic E-state index is 0.385. The number of nitrogens with one attached hydrogen (secondary N) is 2. The molecular weight excluding hydrogens is 83.0 g/mol. The van der Waals surface area contributed by atoms with Gasteiger partial charge in [0.2, 0.25) is 0 Å². The van der Waals surface area contributed by atoms with Gasteiger partial charge in [-0.15, -0.1) is 4.48 Å². The second kappa shape index (κ2) is 4.85. The number of hydrogen-bond donors (Lipinski definition) is 2. The number of hydrogen-bond acceptors (Lipinski definition) is 2. The van der Waals surface area contributed by atoms with E-state index in [2.05, 4.69) is 5.32 Å². The molecular formula is C3H9FN2. The molecule has 3 heteroatoms. The van der Waals surface area contributed by atoms with Gasteiger partial charge in [-0.25, -0.2) is 0 Å². The molecule has 6 heavy (non-hydrogen) atoms.